The number of nitrogens with one attached hydrogen (secondary N) is 1. The molecule has 2 aliphatic rings. The zero-order chi connectivity index (χ0) is 14.8. The molecule has 2 atom stereocenters. The number of rotatable bonds is 4. The third-order valence-corrected chi connectivity index (χ3v) is 5.24. The molecule has 2 N–H and O–H groups in total. The molecule has 0 aromatic heterocycles. The van der Waals surface area contributed by atoms with E-state index in [4.69, 9.17) is 0 Å². The summed E-state index contributed by atoms with van der Waals surface area (Å²) in [4.78, 5) is 25.0. The molecule has 0 aromatic carbocycles. The maximum absolute atomic E-state index is 12.3. The van der Waals surface area contributed by atoms with Crippen molar-refractivity contribution in [2.24, 2.45) is 11.3 Å². The molecule has 114 valence electrons. The molecule has 1 saturated carbocycles. The molecule has 2 unspecified atom stereocenters. The summed E-state index contributed by atoms with van der Waals surface area (Å²) in [5, 5.41) is 12.2. The van der Waals surface area contributed by atoms with E-state index in [1.165, 1.54) is 30.6 Å². The van der Waals surface area contributed by atoms with Crippen LogP contribution in [0.2, 0.25) is 0 Å². The molecule has 5 heteroatoms. The molecule has 1 aliphatic heterocycles. The fourth-order valence-corrected chi connectivity index (χ4v) is 3.70. The maximum Gasteiger partial charge on any atom is 0.326 e. The first-order chi connectivity index (χ1) is 9.49. The number of aliphatic carboxylic acids is 1. The van der Waals surface area contributed by atoms with Gasteiger partial charge in [-0.3, -0.25) is 0 Å². The minimum Gasteiger partial charge on any atom is -0.480 e. The van der Waals surface area contributed by atoms with Crippen molar-refractivity contribution in [1.82, 2.24) is 10.2 Å². The standard InChI is InChI=1S/C15H26N2O3/c1-3-15(7-4-5-8-15)10-16-14(20)17-9-6-11(2)12(17)13(18)19/h11-12H,3-10H2,1-2H3,(H,16,20)(H,18,19). The zero-order valence-electron chi connectivity index (χ0n) is 12.5. The normalized spacial score (nSPS) is 28.6. The van der Waals surface area contributed by atoms with Gasteiger partial charge < -0.3 is 15.3 Å². The Morgan fingerprint density at radius 1 is 1.35 bits per heavy atom. The van der Waals surface area contributed by atoms with Crippen LogP contribution in [0.1, 0.15) is 52.4 Å². The summed E-state index contributed by atoms with van der Waals surface area (Å²) in [6.07, 6.45) is 6.66. The highest BCUT2D eigenvalue weighted by molar-refractivity contribution is 5.83. The molecule has 0 radical (unpaired) electrons. The highest BCUT2D eigenvalue weighted by Crippen LogP contribution is 2.40. The lowest BCUT2D eigenvalue weighted by Crippen LogP contribution is -2.49. The van der Waals surface area contributed by atoms with Crippen LogP contribution in [0.4, 0.5) is 4.79 Å². The van der Waals surface area contributed by atoms with Gasteiger partial charge in [0.15, 0.2) is 0 Å². The molecular weight excluding hydrogens is 256 g/mol. The van der Waals surface area contributed by atoms with Gasteiger partial charge in [-0.2, -0.15) is 0 Å². The van der Waals surface area contributed by atoms with E-state index in [9.17, 15) is 14.7 Å². The van der Waals surface area contributed by atoms with Gasteiger partial charge in [0.05, 0.1) is 0 Å². The van der Waals surface area contributed by atoms with Crippen LogP contribution in [0, 0.1) is 11.3 Å². The maximum atomic E-state index is 12.3. The largest absolute Gasteiger partial charge is 0.480 e. The summed E-state index contributed by atoms with van der Waals surface area (Å²) >= 11 is 0. The van der Waals surface area contributed by atoms with Gasteiger partial charge in [-0.15, -0.1) is 0 Å². The molecule has 1 aliphatic carbocycles. The van der Waals surface area contributed by atoms with Crippen molar-refractivity contribution < 1.29 is 14.7 Å². The van der Waals surface area contributed by atoms with Crippen LogP contribution >= 0.6 is 0 Å². The van der Waals surface area contributed by atoms with Crippen LogP contribution in [0.25, 0.3) is 0 Å². The van der Waals surface area contributed by atoms with Crippen LogP contribution < -0.4 is 5.32 Å². The lowest BCUT2D eigenvalue weighted by atomic mass is 9.83. The minimum absolute atomic E-state index is 0.0323. The Morgan fingerprint density at radius 3 is 2.55 bits per heavy atom. The van der Waals surface area contributed by atoms with Crippen molar-refractivity contribution in [2.45, 2.75) is 58.4 Å². The molecule has 0 spiro atoms. The second-order valence-electron chi connectivity index (χ2n) is 6.46. The van der Waals surface area contributed by atoms with Gasteiger partial charge in [0.25, 0.3) is 0 Å². The quantitative estimate of drug-likeness (QED) is 0.832. The van der Waals surface area contributed by atoms with Gasteiger partial charge >= 0.3 is 12.0 Å². The van der Waals surface area contributed by atoms with Gasteiger partial charge in [-0.25, -0.2) is 9.59 Å². The number of amides is 2. The van der Waals surface area contributed by atoms with Gasteiger partial charge in [-0.05, 0) is 37.0 Å². The highest BCUT2D eigenvalue weighted by atomic mass is 16.4. The molecular formula is C15H26N2O3. The number of carbonyl (C=O) groups is 2. The van der Waals surface area contributed by atoms with E-state index in [1.807, 2.05) is 6.92 Å². The Labute approximate surface area is 120 Å². The minimum atomic E-state index is -0.892. The number of hydrogen-bond donors (Lipinski definition) is 2. The average molecular weight is 282 g/mol. The summed E-state index contributed by atoms with van der Waals surface area (Å²) in [7, 11) is 0. The van der Waals surface area contributed by atoms with Crippen LogP contribution in [0.15, 0.2) is 0 Å². The fraction of sp³-hybridized carbons (Fsp3) is 0.867. The first kappa shape index (κ1) is 15.1. The molecule has 2 amide bonds. The van der Waals surface area contributed by atoms with Crippen molar-refractivity contribution >= 4 is 12.0 Å². The monoisotopic (exact) mass is 282 g/mol. The second kappa shape index (κ2) is 6.02. The summed E-state index contributed by atoms with van der Waals surface area (Å²) in [5.41, 5.74) is 0.236. The molecule has 2 rings (SSSR count). The van der Waals surface area contributed by atoms with E-state index >= 15 is 0 Å². The number of carboxylic acids is 1. The third-order valence-electron chi connectivity index (χ3n) is 5.24. The number of carbonyl (C=O) groups excluding carboxylic acids is 1. The van der Waals surface area contributed by atoms with E-state index in [1.54, 1.807) is 0 Å². The number of hydrogen-bond acceptors (Lipinski definition) is 2. The topological polar surface area (TPSA) is 69.6 Å². The van der Waals surface area contributed by atoms with Gasteiger partial charge in [-0.1, -0.05) is 26.7 Å². The summed E-state index contributed by atoms with van der Waals surface area (Å²) < 4.78 is 0. The van der Waals surface area contributed by atoms with Crippen molar-refractivity contribution in [1.29, 1.82) is 0 Å². The Bertz CT molecular complexity index is 377. The number of urea groups is 1. The van der Waals surface area contributed by atoms with Gasteiger partial charge in [0.1, 0.15) is 6.04 Å². The molecule has 1 saturated heterocycles. The smallest absolute Gasteiger partial charge is 0.326 e. The lowest BCUT2D eigenvalue weighted by Gasteiger charge is -2.30. The predicted molar refractivity (Wildman–Crippen MR) is 76.5 cm³/mol. The lowest BCUT2D eigenvalue weighted by molar-refractivity contribution is -0.142. The van der Waals surface area contributed by atoms with E-state index < -0.39 is 12.0 Å². The zero-order valence-corrected chi connectivity index (χ0v) is 12.5. The first-order valence-corrected chi connectivity index (χ1v) is 7.76. The van der Waals surface area contributed by atoms with Crippen molar-refractivity contribution in [3.63, 3.8) is 0 Å². The van der Waals surface area contributed by atoms with Gasteiger partial charge in [0.2, 0.25) is 0 Å². The summed E-state index contributed by atoms with van der Waals surface area (Å²) in [6, 6.07) is -0.877. The molecule has 1 heterocycles. The third kappa shape index (κ3) is 2.91. The van der Waals surface area contributed by atoms with Crippen LogP contribution in [-0.2, 0) is 4.79 Å². The van der Waals surface area contributed by atoms with E-state index in [-0.39, 0.29) is 17.4 Å². The first-order valence-electron chi connectivity index (χ1n) is 7.76. The molecule has 5 nitrogen and oxygen atoms in total. The Morgan fingerprint density at radius 2 is 2.00 bits per heavy atom. The summed E-state index contributed by atoms with van der Waals surface area (Å²) in [5.74, 6) is -0.860. The van der Waals surface area contributed by atoms with E-state index in [2.05, 4.69) is 12.2 Å². The Hall–Kier alpha value is -1.26. The summed E-state index contributed by atoms with van der Waals surface area (Å²) in [6.45, 7) is 5.30. The number of likely N-dealkylation sites (tertiary alicyclic amines) is 1. The van der Waals surface area contributed by atoms with Crippen LogP contribution in [0.5, 0.6) is 0 Å². The molecule has 2 fully saturated rings. The molecule has 0 aromatic rings. The average Bonchev–Trinajstić information content (AvgIpc) is 3.03. The van der Waals surface area contributed by atoms with Crippen molar-refractivity contribution in [2.75, 3.05) is 13.1 Å². The van der Waals surface area contributed by atoms with Crippen molar-refractivity contribution in [3.05, 3.63) is 0 Å². The SMILES string of the molecule is CCC1(CNC(=O)N2CCC(C)C2C(=O)O)CCCC1. The predicted octanol–water partition coefficient (Wildman–Crippen LogP) is 2.46. The highest BCUT2D eigenvalue weighted by Gasteiger charge is 2.40. The number of nitrogens with zero attached hydrogens (tertiary/aromatic N) is 1. The van der Waals surface area contributed by atoms with E-state index in [0.29, 0.717) is 13.1 Å². The Kier molecular flexibility index (Phi) is 4.55. The fourth-order valence-electron chi connectivity index (χ4n) is 3.70. The van der Waals surface area contributed by atoms with Crippen LogP contribution in [0.3, 0.4) is 0 Å². The van der Waals surface area contributed by atoms with Crippen molar-refractivity contribution in [3.8, 4) is 0 Å². The second-order valence-corrected chi connectivity index (χ2v) is 6.46. The van der Waals surface area contributed by atoms with Gasteiger partial charge in [0, 0.05) is 13.1 Å². The van der Waals surface area contributed by atoms with Crippen LogP contribution in [-0.4, -0.2) is 41.1 Å². The Balaban J connectivity index is 1.93. The molecule has 20 heavy (non-hydrogen) atoms. The van der Waals surface area contributed by atoms with E-state index in [0.717, 1.165) is 12.8 Å². The molecule has 0 bridgehead atoms. The number of carboxylic acid groups (broad SMARTS) is 1.